The van der Waals surface area contributed by atoms with Gasteiger partial charge in [0, 0.05) is 41.5 Å². The van der Waals surface area contributed by atoms with E-state index >= 15 is 0 Å². The molecule has 0 spiro atoms. The van der Waals surface area contributed by atoms with Gasteiger partial charge in [0.1, 0.15) is 18.3 Å². The first-order valence-electron chi connectivity index (χ1n) is 14.1. The van der Waals surface area contributed by atoms with E-state index in [1.807, 2.05) is 37.0 Å². The molecule has 11 nitrogen and oxygen atoms in total. The Bertz CT molecular complexity index is 1490. The SMILES string of the molecule is CC(C)Oc1cc2c(OC3CCCN(C(=O)CC#N)C3)ncc(-c3cnn(C4CC(N(C)C)C4)c3)c2cc1C(N)=O. The van der Waals surface area contributed by atoms with Gasteiger partial charge in [0.25, 0.3) is 5.91 Å². The highest BCUT2D eigenvalue weighted by atomic mass is 16.5. The number of rotatable bonds is 9. The first kappa shape index (κ1) is 28.4. The van der Waals surface area contributed by atoms with Crippen LogP contribution in [0, 0.1) is 11.3 Å². The Morgan fingerprint density at radius 3 is 2.68 bits per heavy atom. The lowest BCUT2D eigenvalue weighted by molar-refractivity contribution is -0.132. The summed E-state index contributed by atoms with van der Waals surface area (Å²) in [5, 5.41) is 15.0. The Kier molecular flexibility index (Phi) is 8.13. The Morgan fingerprint density at radius 2 is 2.00 bits per heavy atom. The van der Waals surface area contributed by atoms with Gasteiger partial charge in [-0.25, -0.2) is 4.98 Å². The number of nitrogens with two attached hydrogens (primary N) is 1. The molecule has 5 rings (SSSR count). The van der Waals surface area contributed by atoms with Crippen LogP contribution in [0.25, 0.3) is 21.9 Å². The van der Waals surface area contributed by atoms with Gasteiger partial charge in [0.15, 0.2) is 0 Å². The van der Waals surface area contributed by atoms with Gasteiger partial charge < -0.3 is 25.0 Å². The standard InChI is InChI=1S/C30H37N7O4/c1-18(2)40-27-13-24-23(12-25(27)29(32)39)26(19-14-34-37(16-19)21-10-20(11-21)35(3)4)15-33-30(24)41-22-6-5-9-36(17-22)28(38)7-8-31/h12-16,18,20-22H,5-7,9-11,17H2,1-4H3,(H2,32,39). The third kappa shape index (κ3) is 5.98. The second-order valence-corrected chi connectivity index (χ2v) is 11.4. The Hall–Kier alpha value is -4.17. The van der Waals surface area contributed by atoms with E-state index in [0.717, 1.165) is 42.2 Å². The lowest BCUT2D eigenvalue weighted by Gasteiger charge is -2.39. The number of ether oxygens (including phenoxy) is 2. The average molecular weight is 560 g/mol. The minimum atomic E-state index is -0.591. The van der Waals surface area contributed by atoms with E-state index in [1.54, 1.807) is 23.2 Å². The molecule has 2 fully saturated rings. The number of nitrogens with zero attached hydrogens (tertiary/aromatic N) is 6. The first-order chi connectivity index (χ1) is 19.6. The number of hydrogen-bond donors (Lipinski definition) is 1. The van der Waals surface area contributed by atoms with Gasteiger partial charge in [-0.15, -0.1) is 0 Å². The lowest BCUT2D eigenvalue weighted by Crippen LogP contribution is -2.44. The van der Waals surface area contributed by atoms with Crippen LogP contribution < -0.4 is 15.2 Å². The summed E-state index contributed by atoms with van der Waals surface area (Å²) in [6.07, 6.45) is 8.54. The highest BCUT2D eigenvalue weighted by molar-refractivity contribution is 6.06. The van der Waals surface area contributed by atoms with E-state index in [1.165, 1.54) is 0 Å². The van der Waals surface area contributed by atoms with E-state index in [4.69, 9.17) is 25.5 Å². The van der Waals surface area contributed by atoms with Crippen molar-refractivity contribution in [3.05, 3.63) is 36.3 Å². The summed E-state index contributed by atoms with van der Waals surface area (Å²) in [5.74, 6) is -0.0500. The summed E-state index contributed by atoms with van der Waals surface area (Å²) >= 11 is 0. The minimum Gasteiger partial charge on any atom is -0.490 e. The van der Waals surface area contributed by atoms with Crippen molar-refractivity contribution < 1.29 is 19.1 Å². The van der Waals surface area contributed by atoms with Crippen molar-refractivity contribution in [3.8, 4) is 28.8 Å². The molecule has 2 amide bonds. The highest BCUT2D eigenvalue weighted by Gasteiger charge is 2.33. The molecule has 2 N–H and O–H groups in total. The number of nitriles is 1. The van der Waals surface area contributed by atoms with Gasteiger partial charge in [0.2, 0.25) is 11.8 Å². The largest absolute Gasteiger partial charge is 0.490 e. The van der Waals surface area contributed by atoms with Gasteiger partial charge in [0.05, 0.1) is 36.5 Å². The minimum absolute atomic E-state index is 0.154. The summed E-state index contributed by atoms with van der Waals surface area (Å²) in [6.45, 7) is 4.74. The molecular weight excluding hydrogens is 522 g/mol. The molecule has 3 heterocycles. The zero-order valence-electron chi connectivity index (χ0n) is 24.0. The van der Waals surface area contributed by atoms with Crippen molar-refractivity contribution in [2.24, 2.45) is 5.73 Å². The summed E-state index contributed by atoms with van der Waals surface area (Å²) in [5.41, 5.74) is 7.74. The predicted molar refractivity (Wildman–Crippen MR) is 153 cm³/mol. The molecular formula is C30H37N7O4. The topological polar surface area (TPSA) is 140 Å². The van der Waals surface area contributed by atoms with Crippen LogP contribution in [0.5, 0.6) is 11.6 Å². The van der Waals surface area contributed by atoms with Crippen LogP contribution in [0.2, 0.25) is 0 Å². The van der Waals surface area contributed by atoms with Gasteiger partial charge in [-0.2, -0.15) is 10.4 Å². The van der Waals surface area contributed by atoms with Crippen molar-refractivity contribution in [3.63, 3.8) is 0 Å². The maximum absolute atomic E-state index is 12.5. The van der Waals surface area contributed by atoms with Crippen LogP contribution in [0.1, 0.15) is 62.4 Å². The summed E-state index contributed by atoms with van der Waals surface area (Å²) < 4.78 is 14.4. The molecule has 0 bridgehead atoms. The zero-order valence-corrected chi connectivity index (χ0v) is 24.0. The van der Waals surface area contributed by atoms with Crippen molar-refractivity contribution >= 4 is 22.6 Å². The lowest BCUT2D eigenvalue weighted by atomic mass is 9.86. The fourth-order valence-electron chi connectivity index (χ4n) is 5.58. The van der Waals surface area contributed by atoms with Crippen LogP contribution in [0.15, 0.2) is 30.7 Å². The van der Waals surface area contributed by atoms with Crippen LogP contribution in [0.3, 0.4) is 0 Å². The average Bonchev–Trinajstić information content (AvgIpc) is 3.36. The molecule has 1 saturated heterocycles. The molecule has 1 atom stereocenters. The number of fused-ring (bicyclic) bond motifs is 1. The molecule has 216 valence electrons. The van der Waals surface area contributed by atoms with Crippen molar-refractivity contribution in [2.75, 3.05) is 27.2 Å². The maximum atomic E-state index is 12.5. The summed E-state index contributed by atoms with van der Waals surface area (Å²) in [6, 6.07) is 6.32. The summed E-state index contributed by atoms with van der Waals surface area (Å²) in [7, 11) is 4.19. The van der Waals surface area contributed by atoms with Crippen LogP contribution in [-0.2, 0) is 4.79 Å². The second-order valence-electron chi connectivity index (χ2n) is 11.4. The van der Waals surface area contributed by atoms with E-state index in [-0.39, 0.29) is 30.1 Å². The first-order valence-corrected chi connectivity index (χ1v) is 14.1. The quantitative estimate of drug-likeness (QED) is 0.420. The van der Waals surface area contributed by atoms with Gasteiger partial charge in [-0.3, -0.25) is 14.3 Å². The van der Waals surface area contributed by atoms with E-state index in [9.17, 15) is 9.59 Å². The number of amides is 2. The number of piperidine rings is 1. The van der Waals surface area contributed by atoms with E-state index in [2.05, 4.69) is 24.1 Å². The number of carbonyl (C=O) groups excluding carboxylic acids is 2. The zero-order chi connectivity index (χ0) is 29.3. The van der Waals surface area contributed by atoms with Crippen molar-refractivity contribution in [1.29, 1.82) is 5.26 Å². The molecule has 2 aromatic heterocycles. The van der Waals surface area contributed by atoms with Crippen LogP contribution in [-0.4, -0.2) is 81.8 Å². The summed E-state index contributed by atoms with van der Waals surface area (Å²) in [4.78, 5) is 33.5. The molecule has 1 aliphatic heterocycles. The number of benzene rings is 1. The molecule has 1 unspecified atom stereocenters. The van der Waals surface area contributed by atoms with Gasteiger partial charge in [-0.1, -0.05) is 0 Å². The Morgan fingerprint density at radius 1 is 1.22 bits per heavy atom. The molecule has 11 heteroatoms. The normalized spacial score (nSPS) is 20.6. The smallest absolute Gasteiger partial charge is 0.252 e. The molecule has 1 aromatic carbocycles. The number of likely N-dealkylation sites (tertiary alicyclic amines) is 1. The van der Waals surface area contributed by atoms with Gasteiger partial charge in [-0.05, 0) is 71.1 Å². The maximum Gasteiger partial charge on any atom is 0.252 e. The molecule has 41 heavy (non-hydrogen) atoms. The molecule has 2 aliphatic rings. The predicted octanol–water partition coefficient (Wildman–Crippen LogP) is 3.53. The third-order valence-electron chi connectivity index (χ3n) is 7.92. The third-order valence-corrected chi connectivity index (χ3v) is 7.92. The van der Waals surface area contributed by atoms with Crippen LogP contribution in [0.4, 0.5) is 0 Å². The van der Waals surface area contributed by atoms with Gasteiger partial charge >= 0.3 is 0 Å². The number of aromatic nitrogens is 3. The van der Waals surface area contributed by atoms with Crippen molar-refractivity contribution in [2.45, 2.75) is 70.2 Å². The molecule has 1 aliphatic carbocycles. The number of primary amides is 1. The molecule has 3 aromatic rings. The molecule has 1 saturated carbocycles. The fraction of sp³-hybridized carbons (Fsp3) is 0.500. The Labute approximate surface area is 239 Å². The van der Waals surface area contributed by atoms with Crippen LogP contribution >= 0.6 is 0 Å². The fourth-order valence-corrected chi connectivity index (χ4v) is 5.58. The second kappa shape index (κ2) is 11.7. The Balaban J connectivity index is 1.52. The molecule has 0 radical (unpaired) electrons. The monoisotopic (exact) mass is 559 g/mol. The highest BCUT2D eigenvalue weighted by Crippen LogP contribution is 2.40. The number of hydrogen-bond acceptors (Lipinski definition) is 8. The van der Waals surface area contributed by atoms with E-state index < -0.39 is 5.91 Å². The number of pyridine rings is 1. The van der Waals surface area contributed by atoms with Crippen molar-refractivity contribution in [1.82, 2.24) is 24.6 Å². The number of carbonyl (C=O) groups is 2. The van der Waals surface area contributed by atoms with E-state index in [0.29, 0.717) is 42.2 Å².